The first-order valence-electron chi connectivity index (χ1n) is 5.20. The summed E-state index contributed by atoms with van der Waals surface area (Å²) in [6.07, 6.45) is 1.46. The van der Waals surface area contributed by atoms with Crippen molar-refractivity contribution >= 4 is 21.6 Å². The third kappa shape index (κ3) is 1.78. The summed E-state index contributed by atoms with van der Waals surface area (Å²) in [5.41, 5.74) is 3.82. The van der Waals surface area contributed by atoms with Crippen molar-refractivity contribution in [3.05, 3.63) is 63.6 Å². The van der Waals surface area contributed by atoms with Crippen molar-refractivity contribution in [2.24, 2.45) is 4.99 Å². The summed E-state index contributed by atoms with van der Waals surface area (Å²) >= 11 is 3.50. The van der Waals surface area contributed by atoms with Crippen LogP contribution < -0.4 is 0 Å². The molecule has 3 rings (SSSR count). The molecule has 0 atom stereocenters. The second kappa shape index (κ2) is 4.04. The molecule has 1 aromatic heterocycles. The third-order valence-corrected chi connectivity index (χ3v) is 3.51. The van der Waals surface area contributed by atoms with Gasteiger partial charge in [0.15, 0.2) is 0 Å². The average molecular weight is 291 g/mol. The van der Waals surface area contributed by atoms with Crippen molar-refractivity contribution in [1.82, 2.24) is 4.98 Å². The number of hydrogen-bond acceptors (Lipinski definition) is 2. The Labute approximate surface area is 106 Å². The Morgan fingerprint density at radius 2 is 2.12 bits per heavy atom. The van der Waals surface area contributed by atoms with E-state index in [1.807, 2.05) is 18.2 Å². The van der Waals surface area contributed by atoms with Crippen LogP contribution >= 0.6 is 15.9 Å². The molecule has 0 saturated heterocycles. The molecule has 0 N–H and O–H groups in total. The van der Waals surface area contributed by atoms with Crippen LogP contribution in [0.25, 0.3) is 0 Å². The average Bonchev–Trinajstić information content (AvgIpc) is 2.74. The zero-order valence-corrected chi connectivity index (χ0v) is 10.4. The predicted molar refractivity (Wildman–Crippen MR) is 67.7 cm³/mol. The van der Waals surface area contributed by atoms with Crippen molar-refractivity contribution in [3.8, 4) is 0 Å². The Balaban J connectivity index is 2.12. The Kier molecular flexibility index (Phi) is 2.52. The summed E-state index contributed by atoms with van der Waals surface area (Å²) in [6.45, 7) is 0.635. The van der Waals surface area contributed by atoms with Gasteiger partial charge in [0.25, 0.3) is 0 Å². The number of aliphatic imine (C=N–C) groups is 1. The van der Waals surface area contributed by atoms with Gasteiger partial charge in [-0.2, -0.15) is 4.39 Å². The summed E-state index contributed by atoms with van der Waals surface area (Å²) in [5, 5.41) is 0. The van der Waals surface area contributed by atoms with E-state index in [4.69, 9.17) is 0 Å². The largest absolute Gasteiger partial charge is 0.279 e. The molecule has 0 bridgehead atoms. The summed E-state index contributed by atoms with van der Waals surface area (Å²) < 4.78 is 14.1. The molecule has 0 radical (unpaired) electrons. The van der Waals surface area contributed by atoms with E-state index < -0.39 is 5.95 Å². The highest BCUT2D eigenvalue weighted by molar-refractivity contribution is 9.10. The van der Waals surface area contributed by atoms with Crippen LogP contribution in [0.15, 0.2) is 46.0 Å². The highest BCUT2D eigenvalue weighted by atomic mass is 79.9. The van der Waals surface area contributed by atoms with Gasteiger partial charge in [0.1, 0.15) is 0 Å². The first-order valence-corrected chi connectivity index (χ1v) is 5.99. The van der Waals surface area contributed by atoms with Crippen LogP contribution in [0, 0.1) is 5.95 Å². The molecule has 0 unspecified atom stereocenters. The summed E-state index contributed by atoms with van der Waals surface area (Å²) in [4.78, 5) is 8.02. The molecular formula is C13H8BrFN2. The first-order chi connectivity index (χ1) is 8.25. The molecule has 84 valence electrons. The minimum atomic E-state index is -0.478. The zero-order valence-electron chi connectivity index (χ0n) is 8.82. The smallest absolute Gasteiger partial charge is 0.213 e. The molecule has 0 saturated carbocycles. The van der Waals surface area contributed by atoms with Crippen LogP contribution in [-0.4, -0.2) is 10.7 Å². The Morgan fingerprint density at radius 3 is 2.94 bits per heavy atom. The number of rotatable bonds is 1. The lowest BCUT2D eigenvalue weighted by Gasteiger charge is -2.04. The fraction of sp³-hybridized carbons (Fsp3) is 0.0769. The predicted octanol–water partition coefficient (Wildman–Crippen LogP) is 3.33. The zero-order chi connectivity index (χ0) is 11.8. The number of nitrogens with zero attached hydrogens (tertiary/aromatic N) is 2. The van der Waals surface area contributed by atoms with E-state index in [2.05, 4.69) is 25.9 Å². The number of pyridine rings is 1. The minimum Gasteiger partial charge on any atom is -0.279 e. The number of aromatic nitrogens is 1. The molecule has 1 aliphatic rings. The fourth-order valence-electron chi connectivity index (χ4n) is 1.98. The quantitative estimate of drug-likeness (QED) is 0.740. The van der Waals surface area contributed by atoms with E-state index in [0.29, 0.717) is 6.54 Å². The molecule has 0 amide bonds. The van der Waals surface area contributed by atoms with Gasteiger partial charge in [-0.15, -0.1) is 0 Å². The van der Waals surface area contributed by atoms with Gasteiger partial charge in [0, 0.05) is 27.9 Å². The van der Waals surface area contributed by atoms with Gasteiger partial charge < -0.3 is 0 Å². The van der Waals surface area contributed by atoms with Crippen LogP contribution in [0.1, 0.15) is 16.7 Å². The first kappa shape index (κ1) is 10.6. The van der Waals surface area contributed by atoms with Gasteiger partial charge in [-0.1, -0.05) is 28.1 Å². The van der Waals surface area contributed by atoms with Crippen LogP contribution in [0.3, 0.4) is 0 Å². The lowest BCUT2D eigenvalue weighted by molar-refractivity contribution is 0.583. The van der Waals surface area contributed by atoms with E-state index in [1.165, 1.54) is 12.3 Å². The molecule has 0 aliphatic carbocycles. The standard InChI is InChI=1S/C13H8BrFN2/c14-11-3-1-2-9-10(11)7-17-13(9)8-4-5-16-12(15)6-8/h1-6H,7H2. The fourth-order valence-corrected chi connectivity index (χ4v) is 2.47. The lowest BCUT2D eigenvalue weighted by atomic mass is 10.0. The highest BCUT2D eigenvalue weighted by Gasteiger charge is 2.19. The van der Waals surface area contributed by atoms with E-state index in [9.17, 15) is 4.39 Å². The molecule has 1 aromatic carbocycles. The van der Waals surface area contributed by atoms with Gasteiger partial charge in [-0.25, -0.2) is 4.98 Å². The highest BCUT2D eigenvalue weighted by Crippen LogP contribution is 2.29. The van der Waals surface area contributed by atoms with E-state index in [0.717, 1.165) is 26.9 Å². The van der Waals surface area contributed by atoms with Gasteiger partial charge >= 0.3 is 0 Å². The van der Waals surface area contributed by atoms with Crippen molar-refractivity contribution < 1.29 is 4.39 Å². The summed E-state index contributed by atoms with van der Waals surface area (Å²) in [6, 6.07) is 9.14. The molecule has 2 nitrogen and oxygen atoms in total. The number of halogens is 2. The monoisotopic (exact) mass is 290 g/mol. The van der Waals surface area contributed by atoms with Crippen molar-refractivity contribution in [3.63, 3.8) is 0 Å². The van der Waals surface area contributed by atoms with Crippen molar-refractivity contribution in [2.45, 2.75) is 6.54 Å². The molecule has 2 aromatic rings. The Bertz CT molecular complexity index is 623. The van der Waals surface area contributed by atoms with Crippen molar-refractivity contribution in [2.75, 3.05) is 0 Å². The van der Waals surface area contributed by atoms with Gasteiger partial charge in [-0.05, 0) is 17.7 Å². The SMILES string of the molecule is Fc1cc(C2=NCc3c(Br)cccc32)ccn1. The minimum absolute atomic E-state index is 0.478. The topological polar surface area (TPSA) is 25.2 Å². The molecule has 2 heterocycles. The van der Waals surface area contributed by atoms with Gasteiger partial charge in [-0.3, -0.25) is 4.99 Å². The molecular weight excluding hydrogens is 283 g/mol. The van der Waals surface area contributed by atoms with Gasteiger partial charge in [0.05, 0.1) is 12.3 Å². The summed E-state index contributed by atoms with van der Waals surface area (Å²) in [7, 11) is 0. The van der Waals surface area contributed by atoms with E-state index in [-0.39, 0.29) is 0 Å². The normalized spacial score (nSPS) is 13.4. The van der Waals surface area contributed by atoms with Gasteiger partial charge in [0.2, 0.25) is 5.95 Å². The van der Waals surface area contributed by atoms with Crippen LogP contribution in [-0.2, 0) is 6.54 Å². The van der Waals surface area contributed by atoms with Crippen LogP contribution in [0.5, 0.6) is 0 Å². The lowest BCUT2D eigenvalue weighted by Crippen LogP contribution is -2.02. The maximum Gasteiger partial charge on any atom is 0.213 e. The Morgan fingerprint density at radius 1 is 1.24 bits per heavy atom. The van der Waals surface area contributed by atoms with E-state index in [1.54, 1.807) is 6.07 Å². The number of benzene rings is 1. The second-order valence-electron chi connectivity index (χ2n) is 3.80. The second-order valence-corrected chi connectivity index (χ2v) is 4.65. The number of hydrogen-bond donors (Lipinski definition) is 0. The maximum atomic E-state index is 13.1. The third-order valence-electron chi connectivity index (χ3n) is 2.77. The Hall–Kier alpha value is -1.55. The van der Waals surface area contributed by atoms with Crippen LogP contribution in [0.4, 0.5) is 4.39 Å². The van der Waals surface area contributed by atoms with Crippen molar-refractivity contribution in [1.29, 1.82) is 0 Å². The molecule has 1 aliphatic heterocycles. The number of fused-ring (bicyclic) bond motifs is 1. The maximum absolute atomic E-state index is 13.1. The molecule has 4 heteroatoms. The van der Waals surface area contributed by atoms with Crippen LogP contribution in [0.2, 0.25) is 0 Å². The molecule has 0 fully saturated rings. The molecule has 17 heavy (non-hydrogen) atoms. The van der Waals surface area contributed by atoms with E-state index >= 15 is 0 Å². The summed E-state index contributed by atoms with van der Waals surface area (Å²) in [5.74, 6) is -0.478. The molecule has 0 spiro atoms.